The van der Waals surface area contributed by atoms with Crippen LogP contribution in [0.1, 0.15) is 10.4 Å². The van der Waals surface area contributed by atoms with Crippen LogP contribution in [0.4, 0.5) is 5.69 Å². The largest absolute Gasteiger partial charge is 0.497 e. The number of benzene rings is 2. The predicted octanol–water partition coefficient (Wildman–Crippen LogP) is 2.29. The third-order valence-corrected chi connectivity index (χ3v) is 3.55. The number of para-hydroxylation sites is 1. The molecule has 5 nitrogen and oxygen atoms in total. The van der Waals surface area contributed by atoms with Gasteiger partial charge in [0.2, 0.25) is 11.4 Å². The van der Waals surface area contributed by atoms with Crippen molar-refractivity contribution < 1.29 is 19.1 Å². The molecule has 1 saturated heterocycles. The molecule has 2 aromatic carbocycles. The molecular weight excluding hydrogens is 282 g/mol. The number of hydrogen-bond donors (Lipinski definition) is 1. The van der Waals surface area contributed by atoms with Crippen LogP contribution in [0.5, 0.6) is 5.75 Å². The molecule has 1 N–H and O–H groups in total. The molecule has 3 rings (SSSR count). The predicted molar refractivity (Wildman–Crippen MR) is 81.1 cm³/mol. The summed E-state index contributed by atoms with van der Waals surface area (Å²) in [6.45, 7) is 0.0938. The number of anilines is 1. The van der Waals surface area contributed by atoms with Crippen LogP contribution in [0.3, 0.4) is 0 Å². The van der Waals surface area contributed by atoms with E-state index in [1.807, 2.05) is 6.07 Å². The summed E-state index contributed by atoms with van der Waals surface area (Å²) in [5, 5.41) is 2.71. The maximum absolute atomic E-state index is 12.5. The molecule has 112 valence electrons. The van der Waals surface area contributed by atoms with Crippen molar-refractivity contribution in [1.82, 2.24) is 0 Å². The molecule has 0 aromatic heterocycles. The van der Waals surface area contributed by atoms with E-state index in [1.165, 1.54) is 0 Å². The van der Waals surface area contributed by atoms with Crippen molar-refractivity contribution >= 4 is 17.4 Å². The molecule has 22 heavy (non-hydrogen) atoms. The zero-order valence-electron chi connectivity index (χ0n) is 12.0. The SMILES string of the molecule is COc1ccc(C(=O)C2(C(=O)Nc3ccccc3)CO2)cc1. The van der Waals surface area contributed by atoms with Gasteiger partial charge in [-0.15, -0.1) is 0 Å². The van der Waals surface area contributed by atoms with E-state index < -0.39 is 11.5 Å². The molecule has 1 aliphatic rings. The van der Waals surface area contributed by atoms with Crippen molar-refractivity contribution in [3.05, 3.63) is 60.2 Å². The molecule has 1 fully saturated rings. The van der Waals surface area contributed by atoms with E-state index >= 15 is 0 Å². The fourth-order valence-electron chi connectivity index (χ4n) is 2.17. The topological polar surface area (TPSA) is 67.9 Å². The van der Waals surface area contributed by atoms with Gasteiger partial charge >= 0.3 is 0 Å². The van der Waals surface area contributed by atoms with E-state index in [0.717, 1.165) is 0 Å². The number of ketones is 1. The molecule has 1 aliphatic heterocycles. The van der Waals surface area contributed by atoms with Crippen LogP contribution in [-0.2, 0) is 9.53 Å². The first-order chi connectivity index (χ1) is 10.7. The summed E-state index contributed by atoms with van der Waals surface area (Å²) >= 11 is 0. The van der Waals surface area contributed by atoms with E-state index in [-0.39, 0.29) is 12.4 Å². The van der Waals surface area contributed by atoms with Crippen LogP contribution in [0, 0.1) is 0 Å². The molecule has 1 atom stereocenters. The Balaban J connectivity index is 1.77. The summed E-state index contributed by atoms with van der Waals surface area (Å²) in [7, 11) is 1.55. The minimum atomic E-state index is -1.41. The Labute approximate surface area is 127 Å². The summed E-state index contributed by atoms with van der Waals surface area (Å²) in [4.78, 5) is 24.9. The monoisotopic (exact) mass is 297 g/mol. The maximum atomic E-state index is 12.5. The van der Waals surface area contributed by atoms with Gasteiger partial charge in [0.1, 0.15) is 5.75 Å². The number of carbonyl (C=O) groups is 2. The molecule has 1 amide bonds. The third-order valence-electron chi connectivity index (χ3n) is 3.55. The molecule has 0 saturated carbocycles. The van der Waals surface area contributed by atoms with Crippen LogP contribution in [-0.4, -0.2) is 31.0 Å². The Bertz CT molecular complexity index is 690. The summed E-state index contributed by atoms with van der Waals surface area (Å²) in [6, 6.07) is 15.6. The summed E-state index contributed by atoms with van der Waals surface area (Å²) in [5.41, 5.74) is -0.365. The fourth-order valence-corrected chi connectivity index (χ4v) is 2.17. The lowest BCUT2D eigenvalue weighted by Gasteiger charge is -2.12. The Kier molecular flexibility index (Phi) is 3.65. The van der Waals surface area contributed by atoms with Gasteiger partial charge in [-0.2, -0.15) is 0 Å². The highest BCUT2D eigenvalue weighted by molar-refractivity contribution is 6.22. The third kappa shape index (κ3) is 2.58. The number of nitrogens with one attached hydrogen (secondary N) is 1. The number of amides is 1. The molecule has 1 unspecified atom stereocenters. The van der Waals surface area contributed by atoms with Gasteiger partial charge < -0.3 is 14.8 Å². The average molecular weight is 297 g/mol. The second kappa shape index (κ2) is 5.61. The molecule has 1 heterocycles. The lowest BCUT2D eigenvalue weighted by atomic mass is 9.97. The van der Waals surface area contributed by atoms with Gasteiger partial charge in [0.15, 0.2) is 0 Å². The van der Waals surface area contributed by atoms with Gasteiger partial charge in [-0.3, -0.25) is 9.59 Å². The Morgan fingerprint density at radius 3 is 2.27 bits per heavy atom. The lowest BCUT2D eigenvalue weighted by Crippen LogP contribution is -2.39. The zero-order valence-corrected chi connectivity index (χ0v) is 12.0. The molecule has 2 aromatic rings. The van der Waals surface area contributed by atoms with Crippen molar-refractivity contribution in [2.24, 2.45) is 0 Å². The first-order valence-electron chi connectivity index (χ1n) is 6.85. The summed E-state index contributed by atoms with van der Waals surface area (Å²) in [5.74, 6) is -0.140. The number of ether oxygens (including phenoxy) is 2. The minimum Gasteiger partial charge on any atom is -0.497 e. The standard InChI is InChI=1S/C17H15NO4/c1-21-14-9-7-12(8-10-14)15(19)17(11-22-17)16(20)18-13-5-3-2-4-6-13/h2-10H,11H2,1H3,(H,18,20). The zero-order chi connectivity index (χ0) is 15.6. The molecule has 5 heteroatoms. The summed E-state index contributed by atoms with van der Waals surface area (Å²) < 4.78 is 10.3. The van der Waals surface area contributed by atoms with Gasteiger partial charge in [-0.05, 0) is 36.4 Å². The molecule has 0 radical (unpaired) electrons. The Morgan fingerprint density at radius 1 is 1.09 bits per heavy atom. The van der Waals surface area contributed by atoms with E-state index in [9.17, 15) is 9.59 Å². The number of hydrogen-bond acceptors (Lipinski definition) is 4. The van der Waals surface area contributed by atoms with Gasteiger partial charge in [0, 0.05) is 11.3 Å². The van der Waals surface area contributed by atoms with Gasteiger partial charge in [0.25, 0.3) is 5.91 Å². The molecule has 0 spiro atoms. The van der Waals surface area contributed by atoms with Gasteiger partial charge in [-0.1, -0.05) is 18.2 Å². The van der Waals surface area contributed by atoms with E-state index in [1.54, 1.807) is 55.6 Å². The van der Waals surface area contributed by atoms with Gasteiger partial charge in [-0.25, -0.2) is 0 Å². The maximum Gasteiger partial charge on any atom is 0.267 e. The van der Waals surface area contributed by atoms with Crippen molar-refractivity contribution in [3.63, 3.8) is 0 Å². The van der Waals surface area contributed by atoms with E-state index in [0.29, 0.717) is 17.0 Å². The average Bonchev–Trinajstić information content (AvgIpc) is 3.37. The van der Waals surface area contributed by atoms with E-state index in [2.05, 4.69) is 5.32 Å². The van der Waals surface area contributed by atoms with Crippen LogP contribution in [0.2, 0.25) is 0 Å². The van der Waals surface area contributed by atoms with Crippen LogP contribution < -0.4 is 10.1 Å². The van der Waals surface area contributed by atoms with Crippen LogP contribution >= 0.6 is 0 Å². The number of epoxide rings is 1. The highest BCUT2D eigenvalue weighted by Gasteiger charge is 2.59. The number of carbonyl (C=O) groups excluding carboxylic acids is 2. The first-order valence-corrected chi connectivity index (χ1v) is 6.85. The second-order valence-electron chi connectivity index (χ2n) is 4.99. The number of rotatable bonds is 5. The lowest BCUT2D eigenvalue weighted by molar-refractivity contribution is -0.119. The van der Waals surface area contributed by atoms with Gasteiger partial charge in [0.05, 0.1) is 13.7 Å². The minimum absolute atomic E-state index is 0.0938. The Morgan fingerprint density at radius 2 is 1.73 bits per heavy atom. The van der Waals surface area contributed by atoms with Crippen molar-refractivity contribution in [2.45, 2.75) is 5.60 Å². The molecule has 0 bridgehead atoms. The highest BCUT2D eigenvalue weighted by atomic mass is 16.6. The number of Topliss-reactive ketones (excluding diaryl/α,β-unsaturated/α-hetero) is 1. The Hall–Kier alpha value is -2.66. The smallest absolute Gasteiger partial charge is 0.267 e. The highest BCUT2D eigenvalue weighted by Crippen LogP contribution is 2.33. The van der Waals surface area contributed by atoms with Crippen LogP contribution in [0.15, 0.2) is 54.6 Å². The quantitative estimate of drug-likeness (QED) is 0.522. The second-order valence-corrected chi connectivity index (χ2v) is 4.99. The van der Waals surface area contributed by atoms with E-state index in [4.69, 9.17) is 9.47 Å². The van der Waals surface area contributed by atoms with Crippen LogP contribution in [0.25, 0.3) is 0 Å². The fraction of sp³-hybridized carbons (Fsp3) is 0.176. The van der Waals surface area contributed by atoms with Crippen molar-refractivity contribution in [2.75, 3.05) is 19.0 Å². The summed E-state index contributed by atoms with van der Waals surface area (Å²) in [6.07, 6.45) is 0. The first kappa shape index (κ1) is 14.3. The normalized spacial score (nSPS) is 19.3. The van der Waals surface area contributed by atoms with Crippen molar-refractivity contribution in [3.8, 4) is 5.75 Å². The number of methoxy groups -OCH3 is 1. The van der Waals surface area contributed by atoms with Crippen molar-refractivity contribution in [1.29, 1.82) is 0 Å². The molecular formula is C17H15NO4. The molecule has 0 aliphatic carbocycles.